The first kappa shape index (κ1) is 23.3. The second-order valence-corrected chi connectivity index (χ2v) is 7.37. The highest BCUT2D eigenvalue weighted by Crippen LogP contribution is 2.39. The van der Waals surface area contributed by atoms with Gasteiger partial charge in [-0.15, -0.1) is 0 Å². The summed E-state index contributed by atoms with van der Waals surface area (Å²) in [5.41, 5.74) is 0.634. The van der Waals surface area contributed by atoms with Crippen LogP contribution in [-0.2, 0) is 4.74 Å². The van der Waals surface area contributed by atoms with E-state index in [9.17, 15) is 14.9 Å². The minimum atomic E-state index is -0.738. The summed E-state index contributed by atoms with van der Waals surface area (Å²) in [7, 11) is 1.37. The Hall–Kier alpha value is -3.33. The Kier molecular flexibility index (Phi) is 7.53. The normalized spacial score (nSPS) is 11.1. The second kappa shape index (κ2) is 10.3. The fourth-order valence-corrected chi connectivity index (χ4v) is 3.36. The number of carbonyl (C=O) groups excluding carboxylic acids is 1. The number of hydrogen-bond donors (Lipinski definition) is 1. The van der Waals surface area contributed by atoms with Gasteiger partial charge in [-0.25, -0.2) is 4.79 Å². The number of ether oxygens (including phenoxy) is 2. The smallest absolute Gasteiger partial charge is 0.348 e. The zero-order chi connectivity index (χ0) is 23.3. The van der Waals surface area contributed by atoms with E-state index in [2.05, 4.69) is 10.3 Å². The number of methoxy groups -OCH3 is 1. The molecule has 0 radical (unpaired) electrons. The molecular formula is C21H14Cl3N3O5. The third-order valence-electron chi connectivity index (χ3n) is 4.02. The average molecular weight is 495 g/mol. The van der Waals surface area contributed by atoms with Crippen LogP contribution >= 0.6 is 34.8 Å². The molecule has 0 heterocycles. The Balaban J connectivity index is 1.77. The van der Waals surface area contributed by atoms with Crippen LogP contribution in [0.4, 0.5) is 16.2 Å². The fraction of sp³-hybridized carbons (Fsp3) is 0.0476. The summed E-state index contributed by atoms with van der Waals surface area (Å²) in [6.45, 7) is 0. The molecule has 0 saturated carbocycles. The van der Waals surface area contributed by atoms with E-state index in [4.69, 9.17) is 44.3 Å². The summed E-state index contributed by atoms with van der Waals surface area (Å²) in [5, 5.41) is 13.9. The third kappa shape index (κ3) is 5.67. The highest BCUT2D eigenvalue weighted by Gasteiger charge is 2.15. The van der Waals surface area contributed by atoms with Gasteiger partial charge in [0.1, 0.15) is 5.75 Å². The van der Waals surface area contributed by atoms with Gasteiger partial charge < -0.3 is 14.8 Å². The average Bonchev–Trinajstić information content (AvgIpc) is 2.75. The largest absolute Gasteiger partial charge is 0.480 e. The van der Waals surface area contributed by atoms with Crippen molar-refractivity contribution in [3.05, 3.63) is 91.4 Å². The molecule has 3 rings (SSSR count). The summed E-state index contributed by atoms with van der Waals surface area (Å²) in [6.07, 6.45) is 0. The van der Waals surface area contributed by atoms with Crippen molar-refractivity contribution in [3.8, 4) is 11.5 Å². The molecule has 2 amide bonds. The summed E-state index contributed by atoms with van der Waals surface area (Å²) in [6, 6.07) is 14.3. The van der Waals surface area contributed by atoms with Gasteiger partial charge >= 0.3 is 6.03 Å². The van der Waals surface area contributed by atoms with E-state index in [0.717, 1.165) is 0 Å². The zero-order valence-electron chi connectivity index (χ0n) is 16.3. The number of benzene rings is 3. The lowest BCUT2D eigenvalue weighted by Gasteiger charge is -2.12. The van der Waals surface area contributed by atoms with Gasteiger partial charge in [0.2, 0.25) is 5.90 Å². The maximum Gasteiger partial charge on any atom is 0.348 e. The Labute approximate surface area is 197 Å². The molecule has 0 aliphatic rings. The van der Waals surface area contributed by atoms with Gasteiger partial charge in [-0.3, -0.25) is 10.1 Å². The highest BCUT2D eigenvalue weighted by molar-refractivity contribution is 6.37. The molecule has 0 fully saturated rings. The number of nitrogens with zero attached hydrogens (tertiary/aromatic N) is 2. The molecule has 0 unspecified atom stereocenters. The number of non-ortho nitro benzene ring substituents is 1. The number of nitrogens with one attached hydrogen (secondary N) is 1. The van der Waals surface area contributed by atoms with Crippen LogP contribution in [0.15, 0.2) is 65.7 Å². The molecule has 0 aliphatic carbocycles. The summed E-state index contributed by atoms with van der Waals surface area (Å²) in [4.78, 5) is 26.5. The first-order chi connectivity index (χ1) is 15.3. The monoisotopic (exact) mass is 493 g/mol. The number of amides is 2. The molecule has 8 nitrogen and oxygen atoms in total. The number of nitro benzene ring substituents is 1. The number of rotatable bonds is 5. The van der Waals surface area contributed by atoms with Crippen molar-refractivity contribution in [1.82, 2.24) is 0 Å². The number of carbonyl (C=O) groups is 1. The quantitative estimate of drug-likeness (QED) is 0.178. The number of nitro groups is 1. The standard InChI is InChI=1S/C21H14Cl3N3O5/c1-31-20(15-4-2-3-5-16(15)22)26-21(28)25-12-10-17(23)19(18(24)11-12)32-14-8-6-13(7-9-14)27(29)30/h2-11H,1H3,(H,25,28)/b26-20-. The van der Waals surface area contributed by atoms with Crippen molar-refractivity contribution in [3.63, 3.8) is 0 Å². The molecule has 32 heavy (non-hydrogen) atoms. The van der Waals surface area contributed by atoms with Gasteiger partial charge in [0.15, 0.2) is 5.75 Å². The molecule has 0 atom stereocenters. The zero-order valence-corrected chi connectivity index (χ0v) is 18.6. The molecule has 0 saturated heterocycles. The molecule has 1 N–H and O–H groups in total. The van der Waals surface area contributed by atoms with Crippen LogP contribution in [0.5, 0.6) is 11.5 Å². The molecule has 3 aromatic carbocycles. The predicted octanol–water partition coefficient (Wildman–Crippen LogP) is 6.97. The molecule has 3 aromatic rings. The van der Waals surface area contributed by atoms with Crippen molar-refractivity contribution < 1.29 is 19.2 Å². The maximum absolute atomic E-state index is 12.4. The van der Waals surface area contributed by atoms with E-state index in [0.29, 0.717) is 16.3 Å². The lowest BCUT2D eigenvalue weighted by Crippen LogP contribution is -2.13. The van der Waals surface area contributed by atoms with Crippen molar-refractivity contribution in [2.24, 2.45) is 4.99 Å². The molecule has 0 spiro atoms. The van der Waals surface area contributed by atoms with Crippen molar-refractivity contribution >= 4 is 58.1 Å². The van der Waals surface area contributed by atoms with Crippen LogP contribution in [0, 0.1) is 10.1 Å². The van der Waals surface area contributed by atoms with Crippen LogP contribution in [0.2, 0.25) is 15.1 Å². The summed E-state index contributed by atoms with van der Waals surface area (Å²) < 4.78 is 10.8. The highest BCUT2D eigenvalue weighted by atomic mass is 35.5. The Morgan fingerprint density at radius 1 is 1.00 bits per heavy atom. The second-order valence-electron chi connectivity index (χ2n) is 6.15. The molecule has 0 aliphatic heterocycles. The van der Waals surface area contributed by atoms with Crippen LogP contribution in [0.1, 0.15) is 5.56 Å². The predicted molar refractivity (Wildman–Crippen MR) is 124 cm³/mol. The summed E-state index contributed by atoms with van der Waals surface area (Å²) >= 11 is 18.6. The van der Waals surface area contributed by atoms with Gasteiger partial charge in [-0.1, -0.05) is 46.9 Å². The number of anilines is 1. The Morgan fingerprint density at radius 2 is 1.62 bits per heavy atom. The van der Waals surface area contributed by atoms with Gasteiger partial charge in [0, 0.05) is 17.8 Å². The molecular weight excluding hydrogens is 481 g/mol. The van der Waals surface area contributed by atoms with Crippen molar-refractivity contribution in [1.29, 1.82) is 0 Å². The number of halogens is 3. The van der Waals surface area contributed by atoms with Gasteiger partial charge in [0.05, 0.1) is 32.7 Å². The molecule has 164 valence electrons. The fourth-order valence-electron chi connectivity index (χ4n) is 2.58. The van der Waals surface area contributed by atoms with E-state index >= 15 is 0 Å². The maximum atomic E-state index is 12.4. The third-order valence-corrected chi connectivity index (χ3v) is 4.91. The van der Waals surface area contributed by atoms with Gasteiger partial charge in [0.25, 0.3) is 5.69 Å². The lowest BCUT2D eigenvalue weighted by atomic mass is 10.2. The number of aliphatic imine (C=N–C) groups is 1. The SMILES string of the molecule is CO/C(=N\C(=O)Nc1cc(Cl)c(Oc2ccc([N+](=O)[O-])cc2)c(Cl)c1)c1ccccc1Cl. The summed E-state index contributed by atoms with van der Waals surface area (Å²) in [5.74, 6) is 0.450. The van der Waals surface area contributed by atoms with Crippen molar-refractivity contribution in [2.45, 2.75) is 0 Å². The van der Waals surface area contributed by atoms with E-state index in [1.165, 1.54) is 43.5 Å². The van der Waals surface area contributed by atoms with Crippen LogP contribution in [-0.4, -0.2) is 24.0 Å². The van der Waals surface area contributed by atoms with Crippen LogP contribution in [0.25, 0.3) is 0 Å². The lowest BCUT2D eigenvalue weighted by molar-refractivity contribution is -0.384. The van der Waals surface area contributed by atoms with E-state index in [1.807, 2.05) is 0 Å². The number of urea groups is 1. The molecule has 11 heteroatoms. The van der Waals surface area contributed by atoms with E-state index in [-0.39, 0.29) is 33.1 Å². The van der Waals surface area contributed by atoms with E-state index < -0.39 is 11.0 Å². The van der Waals surface area contributed by atoms with E-state index in [1.54, 1.807) is 24.3 Å². The topological polar surface area (TPSA) is 103 Å². The van der Waals surface area contributed by atoms with Crippen LogP contribution < -0.4 is 10.1 Å². The first-order valence-electron chi connectivity index (χ1n) is 8.88. The molecule has 0 aromatic heterocycles. The van der Waals surface area contributed by atoms with Gasteiger partial charge in [-0.2, -0.15) is 4.99 Å². The first-order valence-corrected chi connectivity index (χ1v) is 10.0. The minimum Gasteiger partial charge on any atom is -0.480 e. The van der Waals surface area contributed by atoms with Gasteiger partial charge in [-0.05, 0) is 36.4 Å². The number of hydrogen-bond acceptors (Lipinski definition) is 5. The molecule has 0 bridgehead atoms. The van der Waals surface area contributed by atoms with Crippen LogP contribution in [0.3, 0.4) is 0 Å². The van der Waals surface area contributed by atoms with Crippen molar-refractivity contribution in [2.75, 3.05) is 12.4 Å². The minimum absolute atomic E-state index is 0.0309. The Bertz CT molecular complexity index is 1180. The Morgan fingerprint density at radius 3 is 2.19 bits per heavy atom.